The highest BCUT2D eigenvalue weighted by atomic mass is 32.2. The van der Waals surface area contributed by atoms with Gasteiger partial charge in [0.1, 0.15) is 27.1 Å². The summed E-state index contributed by atoms with van der Waals surface area (Å²) in [6.07, 6.45) is 2.98. The molecule has 1 saturated carbocycles. The summed E-state index contributed by atoms with van der Waals surface area (Å²) in [6.45, 7) is -0.278. The Hall–Kier alpha value is -3.58. The molecule has 3 N–H and O–H groups in total. The lowest BCUT2D eigenvalue weighted by Gasteiger charge is -2.31. The SMILES string of the molecule is O=C(N[C@H]1CC[C@@H](n2c(=O)c3cc(F)cnc3n(C3CCS(=O)(=O)CC3)c2=O)CC1)c1cc(CO)ccc1O. The second kappa shape index (κ2) is 10.5. The Morgan fingerprint density at radius 3 is 2.36 bits per heavy atom. The normalized spacial score (nSPS) is 21.6. The molecule has 11 nitrogen and oxygen atoms in total. The summed E-state index contributed by atoms with van der Waals surface area (Å²) in [7, 11) is -3.21. The largest absolute Gasteiger partial charge is 0.507 e. The fraction of sp³-hybridized carbons (Fsp3) is 0.462. The van der Waals surface area contributed by atoms with Gasteiger partial charge in [-0.3, -0.25) is 18.7 Å². The molecule has 1 amide bonds. The van der Waals surface area contributed by atoms with Crippen molar-refractivity contribution in [2.24, 2.45) is 0 Å². The number of aliphatic hydroxyl groups is 1. The van der Waals surface area contributed by atoms with Gasteiger partial charge in [-0.25, -0.2) is 22.6 Å². The predicted octanol–water partition coefficient (Wildman–Crippen LogP) is 1.56. The molecular formula is C26H29FN4O7S. The predicted molar refractivity (Wildman–Crippen MR) is 140 cm³/mol. The summed E-state index contributed by atoms with van der Waals surface area (Å²) in [5, 5.41) is 22.2. The van der Waals surface area contributed by atoms with E-state index in [1.54, 1.807) is 0 Å². The first-order chi connectivity index (χ1) is 18.6. The monoisotopic (exact) mass is 560 g/mol. The number of hydrogen-bond acceptors (Lipinski definition) is 8. The number of aromatic nitrogens is 3. The Bertz CT molecular complexity index is 1650. The maximum absolute atomic E-state index is 14.1. The molecule has 0 radical (unpaired) electrons. The minimum atomic E-state index is -3.21. The summed E-state index contributed by atoms with van der Waals surface area (Å²) >= 11 is 0. The van der Waals surface area contributed by atoms with Gasteiger partial charge in [0.25, 0.3) is 11.5 Å². The van der Waals surface area contributed by atoms with E-state index in [4.69, 9.17) is 0 Å². The van der Waals surface area contributed by atoms with E-state index in [2.05, 4.69) is 10.3 Å². The summed E-state index contributed by atoms with van der Waals surface area (Å²) in [4.78, 5) is 43.9. The van der Waals surface area contributed by atoms with Crippen molar-refractivity contribution >= 4 is 26.8 Å². The molecule has 0 spiro atoms. The van der Waals surface area contributed by atoms with Gasteiger partial charge in [-0.15, -0.1) is 0 Å². The maximum Gasteiger partial charge on any atom is 0.333 e. The van der Waals surface area contributed by atoms with E-state index in [0.717, 1.165) is 16.8 Å². The number of fused-ring (bicyclic) bond motifs is 1. The number of carbonyl (C=O) groups is 1. The molecule has 2 aromatic heterocycles. The number of hydrogen-bond donors (Lipinski definition) is 3. The Kier molecular flexibility index (Phi) is 7.29. The number of rotatable bonds is 5. The lowest BCUT2D eigenvalue weighted by molar-refractivity contribution is 0.0919. The van der Waals surface area contributed by atoms with Gasteiger partial charge in [0.15, 0.2) is 0 Å². The molecule has 13 heteroatoms. The van der Waals surface area contributed by atoms with Crippen LogP contribution in [0.2, 0.25) is 0 Å². The van der Waals surface area contributed by atoms with E-state index < -0.39 is 44.9 Å². The summed E-state index contributed by atoms with van der Waals surface area (Å²) in [6, 6.07) is 4.05. The zero-order chi connectivity index (χ0) is 27.9. The van der Waals surface area contributed by atoms with Crippen molar-refractivity contribution in [2.45, 2.75) is 63.3 Å². The first-order valence-electron chi connectivity index (χ1n) is 12.8. The lowest BCUT2D eigenvalue weighted by Crippen LogP contribution is -2.47. The molecule has 3 aromatic rings. The van der Waals surface area contributed by atoms with Crippen molar-refractivity contribution in [1.29, 1.82) is 0 Å². The van der Waals surface area contributed by atoms with E-state index in [1.807, 2.05) is 0 Å². The number of sulfone groups is 1. The average Bonchev–Trinajstić information content (AvgIpc) is 2.91. The Labute approximate surface area is 222 Å². The first-order valence-corrected chi connectivity index (χ1v) is 14.7. The Morgan fingerprint density at radius 2 is 1.69 bits per heavy atom. The van der Waals surface area contributed by atoms with E-state index in [0.29, 0.717) is 31.2 Å². The zero-order valence-corrected chi connectivity index (χ0v) is 21.9. The number of carbonyl (C=O) groups excluding carboxylic acids is 1. The third kappa shape index (κ3) is 5.33. The number of phenols is 1. The van der Waals surface area contributed by atoms with Gasteiger partial charge in [0.2, 0.25) is 0 Å². The molecule has 0 atom stereocenters. The molecule has 2 fully saturated rings. The number of nitrogens with one attached hydrogen (secondary N) is 1. The van der Waals surface area contributed by atoms with Crippen molar-refractivity contribution in [1.82, 2.24) is 19.4 Å². The van der Waals surface area contributed by atoms with Crippen LogP contribution in [0.15, 0.2) is 40.1 Å². The standard InChI is InChI=1S/C26H29FN4O7S/c27-16-12-21-23(28-13-16)30(19-7-9-39(37,38)10-8-19)26(36)31(25(21)35)18-4-2-17(3-5-18)29-24(34)20-11-15(14-32)1-6-22(20)33/h1,6,11-13,17-19,32-33H,2-5,7-10,14H2,(H,29,34)/t17-,18+. The molecule has 1 aliphatic heterocycles. The third-order valence-corrected chi connectivity index (χ3v) is 9.41. The summed E-state index contributed by atoms with van der Waals surface area (Å²) in [5.74, 6) is -1.60. The number of aliphatic hydroxyl groups excluding tert-OH is 1. The number of pyridine rings is 1. The van der Waals surface area contributed by atoms with Gasteiger partial charge in [-0.05, 0) is 62.3 Å². The van der Waals surface area contributed by atoms with Crippen molar-refractivity contribution in [3.8, 4) is 5.75 Å². The van der Waals surface area contributed by atoms with Crippen LogP contribution in [0.3, 0.4) is 0 Å². The average molecular weight is 561 g/mol. The van der Waals surface area contributed by atoms with Gasteiger partial charge >= 0.3 is 5.69 Å². The molecular weight excluding hydrogens is 531 g/mol. The van der Waals surface area contributed by atoms with Crippen LogP contribution in [0.5, 0.6) is 5.75 Å². The van der Waals surface area contributed by atoms with Gasteiger partial charge in [-0.1, -0.05) is 6.07 Å². The number of phenolic OH excluding ortho intramolecular Hbond substituents is 1. The Morgan fingerprint density at radius 1 is 1.03 bits per heavy atom. The maximum atomic E-state index is 14.1. The van der Waals surface area contributed by atoms with Gasteiger partial charge < -0.3 is 15.5 Å². The van der Waals surface area contributed by atoms with Crippen LogP contribution in [-0.4, -0.2) is 56.2 Å². The number of aromatic hydroxyl groups is 1. The van der Waals surface area contributed by atoms with Gasteiger partial charge in [0, 0.05) is 18.1 Å². The smallest absolute Gasteiger partial charge is 0.333 e. The van der Waals surface area contributed by atoms with E-state index >= 15 is 0 Å². The first kappa shape index (κ1) is 27.0. The van der Waals surface area contributed by atoms with Crippen LogP contribution >= 0.6 is 0 Å². The molecule has 0 bridgehead atoms. The molecule has 0 unspecified atom stereocenters. The van der Waals surface area contributed by atoms with Crippen molar-refractivity contribution in [2.75, 3.05) is 11.5 Å². The van der Waals surface area contributed by atoms with Crippen LogP contribution in [0, 0.1) is 5.82 Å². The molecule has 2 aliphatic rings. The van der Waals surface area contributed by atoms with Crippen molar-refractivity contribution < 1.29 is 27.8 Å². The quantitative estimate of drug-likeness (QED) is 0.424. The van der Waals surface area contributed by atoms with Crippen LogP contribution in [0.4, 0.5) is 4.39 Å². The highest BCUT2D eigenvalue weighted by Gasteiger charge is 2.32. The minimum absolute atomic E-state index is 0.0396. The number of halogens is 1. The molecule has 5 rings (SSSR count). The molecule has 1 saturated heterocycles. The minimum Gasteiger partial charge on any atom is -0.507 e. The second-order valence-corrected chi connectivity index (χ2v) is 12.5. The third-order valence-electron chi connectivity index (χ3n) is 7.70. The second-order valence-electron chi connectivity index (χ2n) is 10.2. The fourth-order valence-electron chi connectivity index (χ4n) is 5.60. The van der Waals surface area contributed by atoms with Gasteiger partial charge in [-0.2, -0.15) is 0 Å². The van der Waals surface area contributed by atoms with E-state index in [1.165, 1.54) is 22.8 Å². The highest BCUT2D eigenvalue weighted by Crippen LogP contribution is 2.30. The Balaban J connectivity index is 1.41. The van der Waals surface area contributed by atoms with Crippen LogP contribution < -0.4 is 16.6 Å². The summed E-state index contributed by atoms with van der Waals surface area (Å²) in [5.41, 5.74) is -0.691. The highest BCUT2D eigenvalue weighted by molar-refractivity contribution is 7.91. The van der Waals surface area contributed by atoms with Crippen molar-refractivity contribution in [3.05, 3.63) is 68.2 Å². The number of amides is 1. The fourth-order valence-corrected chi connectivity index (χ4v) is 7.06. The van der Waals surface area contributed by atoms with E-state index in [-0.39, 0.29) is 59.3 Å². The molecule has 1 aliphatic carbocycles. The summed E-state index contributed by atoms with van der Waals surface area (Å²) < 4.78 is 40.5. The molecule has 39 heavy (non-hydrogen) atoms. The molecule has 208 valence electrons. The van der Waals surface area contributed by atoms with Crippen LogP contribution in [0.25, 0.3) is 11.0 Å². The number of nitrogens with zero attached hydrogens (tertiary/aromatic N) is 3. The van der Waals surface area contributed by atoms with Crippen molar-refractivity contribution in [3.63, 3.8) is 0 Å². The number of benzene rings is 1. The van der Waals surface area contributed by atoms with E-state index in [9.17, 15) is 37.4 Å². The van der Waals surface area contributed by atoms with Gasteiger partial charge in [0.05, 0.1) is 35.3 Å². The zero-order valence-electron chi connectivity index (χ0n) is 21.0. The molecule has 1 aromatic carbocycles. The topological polar surface area (TPSA) is 161 Å². The lowest BCUT2D eigenvalue weighted by atomic mass is 9.90. The van der Waals surface area contributed by atoms with Crippen LogP contribution in [0.1, 0.15) is 66.5 Å². The molecule has 3 heterocycles. The van der Waals surface area contributed by atoms with Crippen LogP contribution in [-0.2, 0) is 16.4 Å².